The van der Waals surface area contributed by atoms with Gasteiger partial charge in [0.2, 0.25) is 0 Å². The molecule has 1 rings (SSSR count). The minimum atomic E-state index is -1.54. The van der Waals surface area contributed by atoms with E-state index in [0.29, 0.717) is 13.0 Å². The molecule has 0 radical (unpaired) electrons. The maximum Gasteiger partial charge on any atom is 0.306 e. The lowest BCUT2D eigenvalue weighted by Gasteiger charge is -2.39. The van der Waals surface area contributed by atoms with Crippen molar-refractivity contribution in [3.8, 4) is 0 Å². The van der Waals surface area contributed by atoms with Gasteiger partial charge >= 0.3 is 5.97 Å². The van der Waals surface area contributed by atoms with Gasteiger partial charge in [-0.1, -0.05) is 262 Å². The average Bonchev–Trinajstić information content (AvgIpc) is 3.36. The topological polar surface area (TPSA) is 135 Å². The number of carbonyl (C=O) groups excluding carboxylic acids is 1. The van der Waals surface area contributed by atoms with Crippen LogP contribution < -0.4 is 0 Å². The molecule has 0 aliphatic carbocycles. The van der Waals surface area contributed by atoms with Crippen LogP contribution in [0.25, 0.3) is 0 Å². The molecule has 4 N–H and O–H groups in total. The standard InChI is InChI=1S/C61H112O9/c1-3-5-7-9-11-13-15-17-19-21-23-25-26-27-28-29-31-33-35-37-39-41-43-45-47-49-51-67-53-55(54-68-61-60(66)59(65)58(64)56(52-62)70-61)69-57(63)50-48-46-44-42-40-38-36-34-32-30-24-22-20-18-16-14-12-10-8-6-4-2/h5,7,11,13,17,19,23,25,55-56,58-62,64-66H,3-4,6,8-10,12,14-16,18,20-22,24,26-54H2,1-2H3/b7-5-,13-11-,19-17-,25-23-. The predicted molar refractivity (Wildman–Crippen MR) is 293 cm³/mol. The first-order valence-electron chi connectivity index (χ1n) is 29.7. The second kappa shape index (κ2) is 52.0. The van der Waals surface area contributed by atoms with E-state index in [1.807, 2.05) is 0 Å². The number of aliphatic hydroxyl groups is 4. The zero-order valence-corrected chi connectivity index (χ0v) is 45.5. The van der Waals surface area contributed by atoms with Crippen molar-refractivity contribution < 1.29 is 44.2 Å². The number of esters is 1. The van der Waals surface area contributed by atoms with Crippen LogP contribution in [-0.4, -0.2) is 89.6 Å². The molecule has 0 aromatic heterocycles. The Morgan fingerprint density at radius 3 is 1.31 bits per heavy atom. The maximum absolute atomic E-state index is 12.9. The molecule has 6 atom stereocenters. The van der Waals surface area contributed by atoms with Gasteiger partial charge in [-0.3, -0.25) is 4.79 Å². The van der Waals surface area contributed by atoms with E-state index in [1.54, 1.807) is 0 Å². The van der Waals surface area contributed by atoms with Gasteiger partial charge in [-0.15, -0.1) is 0 Å². The molecule has 6 unspecified atom stereocenters. The van der Waals surface area contributed by atoms with Crippen molar-refractivity contribution in [2.75, 3.05) is 26.4 Å². The Balaban J connectivity index is 2.13. The minimum Gasteiger partial charge on any atom is -0.457 e. The molecule has 70 heavy (non-hydrogen) atoms. The summed E-state index contributed by atoms with van der Waals surface area (Å²) >= 11 is 0. The van der Waals surface area contributed by atoms with Crippen molar-refractivity contribution in [1.82, 2.24) is 0 Å². The first-order valence-corrected chi connectivity index (χ1v) is 29.7. The van der Waals surface area contributed by atoms with Crippen LogP contribution in [0.5, 0.6) is 0 Å². The van der Waals surface area contributed by atoms with E-state index in [-0.39, 0.29) is 19.2 Å². The molecule has 0 aromatic carbocycles. The number of allylic oxidation sites excluding steroid dienone is 8. The first kappa shape index (κ1) is 66.2. The van der Waals surface area contributed by atoms with Crippen molar-refractivity contribution in [3.05, 3.63) is 48.6 Å². The highest BCUT2D eigenvalue weighted by molar-refractivity contribution is 5.69. The number of hydrogen-bond acceptors (Lipinski definition) is 9. The Bertz CT molecular complexity index is 1220. The van der Waals surface area contributed by atoms with Crippen LogP contribution in [0.3, 0.4) is 0 Å². The van der Waals surface area contributed by atoms with Gasteiger partial charge in [-0.2, -0.15) is 0 Å². The number of rotatable bonds is 52. The number of carbonyl (C=O) groups is 1. The fourth-order valence-electron chi connectivity index (χ4n) is 9.19. The van der Waals surface area contributed by atoms with Crippen molar-refractivity contribution in [2.24, 2.45) is 0 Å². The molecule has 1 fully saturated rings. The summed E-state index contributed by atoms with van der Waals surface area (Å²) in [5.74, 6) is -0.308. The quantitative estimate of drug-likeness (QED) is 0.0267. The summed E-state index contributed by atoms with van der Waals surface area (Å²) < 4.78 is 23.0. The molecule has 410 valence electrons. The van der Waals surface area contributed by atoms with E-state index < -0.39 is 43.4 Å². The van der Waals surface area contributed by atoms with Crippen LogP contribution in [0.2, 0.25) is 0 Å². The van der Waals surface area contributed by atoms with Gasteiger partial charge < -0.3 is 39.4 Å². The molecule has 9 nitrogen and oxygen atoms in total. The van der Waals surface area contributed by atoms with Crippen molar-refractivity contribution in [3.63, 3.8) is 0 Å². The fraction of sp³-hybridized carbons (Fsp3) is 0.852. The molecule has 9 heteroatoms. The molecule has 0 bridgehead atoms. The van der Waals surface area contributed by atoms with Gasteiger partial charge in [0.25, 0.3) is 0 Å². The van der Waals surface area contributed by atoms with E-state index in [9.17, 15) is 25.2 Å². The predicted octanol–water partition coefficient (Wildman–Crippen LogP) is 15.6. The summed E-state index contributed by atoms with van der Waals surface area (Å²) in [5, 5.41) is 40.4. The highest BCUT2D eigenvalue weighted by atomic mass is 16.7. The second-order valence-corrected chi connectivity index (χ2v) is 20.4. The Morgan fingerprint density at radius 2 is 0.871 bits per heavy atom. The lowest BCUT2D eigenvalue weighted by molar-refractivity contribution is -0.305. The summed E-state index contributed by atoms with van der Waals surface area (Å²) in [5.41, 5.74) is 0. The highest BCUT2D eigenvalue weighted by Crippen LogP contribution is 2.23. The zero-order chi connectivity index (χ0) is 50.6. The lowest BCUT2D eigenvalue weighted by atomic mass is 9.99. The molecule has 1 heterocycles. The molecular formula is C61H112O9. The van der Waals surface area contributed by atoms with Crippen molar-refractivity contribution in [2.45, 2.75) is 307 Å². The van der Waals surface area contributed by atoms with E-state index in [2.05, 4.69) is 62.5 Å². The Kier molecular flexibility index (Phi) is 49.2. The summed E-state index contributed by atoms with van der Waals surface area (Å²) in [4.78, 5) is 12.9. The van der Waals surface area contributed by atoms with Gasteiger partial charge in [-0.05, 0) is 51.4 Å². The molecule has 0 spiro atoms. The van der Waals surface area contributed by atoms with E-state index >= 15 is 0 Å². The first-order chi connectivity index (χ1) is 34.4. The number of hydrogen-bond donors (Lipinski definition) is 4. The van der Waals surface area contributed by atoms with E-state index in [4.69, 9.17) is 18.9 Å². The molecule has 1 aliphatic rings. The fourth-order valence-corrected chi connectivity index (χ4v) is 9.19. The Hall–Kier alpha value is -1.85. The summed E-state index contributed by atoms with van der Waals surface area (Å²) in [6, 6.07) is 0. The van der Waals surface area contributed by atoms with Gasteiger partial charge in [0, 0.05) is 13.0 Å². The molecule has 0 aromatic rings. The normalized spacial score (nSPS) is 19.2. The second-order valence-electron chi connectivity index (χ2n) is 20.4. The molecule has 1 aliphatic heterocycles. The van der Waals surface area contributed by atoms with Crippen LogP contribution in [0.1, 0.15) is 271 Å². The number of unbranched alkanes of at least 4 members (excludes halogenated alkanes) is 33. The van der Waals surface area contributed by atoms with Crippen molar-refractivity contribution in [1.29, 1.82) is 0 Å². The van der Waals surface area contributed by atoms with Gasteiger partial charge in [-0.25, -0.2) is 0 Å². The molecular weight excluding hydrogens is 877 g/mol. The largest absolute Gasteiger partial charge is 0.457 e. The number of ether oxygens (including phenoxy) is 4. The van der Waals surface area contributed by atoms with Gasteiger partial charge in [0.15, 0.2) is 6.29 Å². The van der Waals surface area contributed by atoms with Crippen LogP contribution in [0.4, 0.5) is 0 Å². The zero-order valence-electron chi connectivity index (χ0n) is 45.5. The monoisotopic (exact) mass is 989 g/mol. The van der Waals surface area contributed by atoms with E-state index in [0.717, 1.165) is 57.8 Å². The van der Waals surface area contributed by atoms with Gasteiger partial charge in [0.05, 0.1) is 19.8 Å². The molecule has 1 saturated heterocycles. The highest BCUT2D eigenvalue weighted by Gasteiger charge is 2.44. The molecule has 0 saturated carbocycles. The number of aliphatic hydroxyl groups excluding tert-OH is 4. The summed E-state index contributed by atoms with van der Waals surface area (Å²) in [6.45, 7) is 4.50. The van der Waals surface area contributed by atoms with Crippen LogP contribution in [-0.2, 0) is 23.7 Å². The summed E-state index contributed by atoms with van der Waals surface area (Å²) in [6.07, 6.45) is 60.2. The summed E-state index contributed by atoms with van der Waals surface area (Å²) in [7, 11) is 0. The van der Waals surface area contributed by atoms with Crippen molar-refractivity contribution >= 4 is 5.97 Å². The Labute approximate surface area is 431 Å². The van der Waals surface area contributed by atoms with Gasteiger partial charge in [0.1, 0.15) is 30.5 Å². The lowest BCUT2D eigenvalue weighted by Crippen LogP contribution is -2.59. The smallest absolute Gasteiger partial charge is 0.306 e. The molecule has 0 amide bonds. The third-order valence-electron chi connectivity index (χ3n) is 13.8. The third-order valence-corrected chi connectivity index (χ3v) is 13.8. The minimum absolute atomic E-state index is 0.111. The van der Waals surface area contributed by atoms with Crippen LogP contribution in [0.15, 0.2) is 48.6 Å². The maximum atomic E-state index is 12.9. The van der Waals surface area contributed by atoms with Crippen LogP contribution in [0, 0.1) is 0 Å². The average molecular weight is 990 g/mol. The Morgan fingerprint density at radius 1 is 0.471 bits per heavy atom. The van der Waals surface area contributed by atoms with Crippen LogP contribution >= 0.6 is 0 Å². The van der Waals surface area contributed by atoms with E-state index in [1.165, 1.54) is 193 Å². The third kappa shape index (κ3) is 41.6. The SMILES string of the molecule is CC/C=C\C/C=C\C/C=C\C/C=C\CCCCCCCCCCCCCCCOCC(COC1OC(CO)C(O)C(O)C1O)OC(=O)CCCCCCCCCCCCCCCCCCCCCCC.